The highest BCUT2D eigenvalue weighted by atomic mass is 16.5. The van der Waals surface area contributed by atoms with Gasteiger partial charge in [-0.25, -0.2) is 4.99 Å². The molecule has 0 bridgehead atoms. The van der Waals surface area contributed by atoms with E-state index in [1.165, 1.54) is 5.57 Å². The SMILES string of the molecule is [2H]C([2H])(C)CCCCOC1=NCN=C1C1=CCCN(C)C1. The van der Waals surface area contributed by atoms with Crippen molar-refractivity contribution in [1.82, 2.24) is 4.90 Å². The van der Waals surface area contributed by atoms with Gasteiger partial charge in [-0.2, -0.15) is 0 Å². The monoisotopic (exact) mass is 265 g/mol. The van der Waals surface area contributed by atoms with E-state index in [9.17, 15) is 0 Å². The smallest absolute Gasteiger partial charge is 0.237 e. The number of likely N-dealkylation sites (N-methyl/N-ethyl adjacent to an activating group) is 1. The van der Waals surface area contributed by atoms with Crippen LogP contribution in [0.4, 0.5) is 0 Å². The maximum absolute atomic E-state index is 7.49. The number of aliphatic imine (C=N–C) groups is 2. The standard InChI is InChI=1S/C15H25N3O/c1-3-4-5-6-10-19-15-14(16-12-17-15)13-8-7-9-18(2)11-13/h8H,3-7,9-12H2,1-2H3/i3D2. The summed E-state index contributed by atoms with van der Waals surface area (Å²) in [6.07, 6.45) is 4.43. The van der Waals surface area contributed by atoms with Gasteiger partial charge in [0, 0.05) is 15.8 Å². The van der Waals surface area contributed by atoms with Crippen LogP contribution in [0.25, 0.3) is 0 Å². The van der Waals surface area contributed by atoms with Crippen molar-refractivity contribution in [3.8, 4) is 0 Å². The third kappa shape index (κ3) is 4.16. The maximum Gasteiger partial charge on any atom is 0.237 e. The average Bonchev–Trinajstić information content (AvgIpc) is 2.85. The van der Waals surface area contributed by atoms with Gasteiger partial charge in [0.1, 0.15) is 12.4 Å². The molecule has 0 aliphatic carbocycles. The summed E-state index contributed by atoms with van der Waals surface area (Å²) >= 11 is 0. The Morgan fingerprint density at radius 1 is 1.37 bits per heavy atom. The number of nitrogens with zero attached hydrogens (tertiary/aromatic N) is 3. The molecule has 2 heterocycles. The Hall–Kier alpha value is -1.16. The number of hydrogen-bond acceptors (Lipinski definition) is 4. The molecule has 2 aliphatic heterocycles. The maximum atomic E-state index is 7.49. The van der Waals surface area contributed by atoms with Crippen molar-refractivity contribution >= 4 is 11.6 Å². The molecule has 0 atom stereocenters. The van der Waals surface area contributed by atoms with E-state index in [0.717, 1.165) is 38.1 Å². The second-order valence-corrected chi connectivity index (χ2v) is 5.03. The summed E-state index contributed by atoms with van der Waals surface area (Å²) in [7, 11) is 2.11. The molecule has 0 saturated carbocycles. The molecule has 0 N–H and O–H groups in total. The molecule has 0 saturated heterocycles. The van der Waals surface area contributed by atoms with E-state index in [0.29, 0.717) is 25.6 Å². The summed E-state index contributed by atoms with van der Waals surface area (Å²) in [5, 5.41) is 0. The molecule has 106 valence electrons. The molecule has 2 aliphatic rings. The molecule has 19 heavy (non-hydrogen) atoms. The van der Waals surface area contributed by atoms with E-state index in [2.05, 4.69) is 28.0 Å². The fourth-order valence-electron chi connectivity index (χ4n) is 2.30. The van der Waals surface area contributed by atoms with Gasteiger partial charge < -0.3 is 9.64 Å². The first-order valence-electron chi connectivity index (χ1n) is 8.06. The number of unbranched alkanes of at least 4 members (excludes halogenated alkanes) is 1. The van der Waals surface area contributed by atoms with Crippen LogP contribution in [-0.2, 0) is 4.74 Å². The van der Waals surface area contributed by atoms with Gasteiger partial charge >= 0.3 is 0 Å². The van der Waals surface area contributed by atoms with Gasteiger partial charge in [-0.05, 0) is 25.5 Å². The van der Waals surface area contributed by atoms with Crippen molar-refractivity contribution in [2.24, 2.45) is 9.98 Å². The molecule has 2 rings (SSSR count). The quantitative estimate of drug-likeness (QED) is 0.692. The zero-order valence-corrected chi connectivity index (χ0v) is 12.0. The van der Waals surface area contributed by atoms with Crippen molar-refractivity contribution in [2.75, 3.05) is 33.4 Å². The van der Waals surface area contributed by atoms with Crippen molar-refractivity contribution in [3.05, 3.63) is 11.6 Å². The first-order chi connectivity index (χ1) is 9.96. The predicted octanol–water partition coefficient (Wildman–Crippen LogP) is 2.66. The van der Waals surface area contributed by atoms with E-state index in [1.807, 2.05) is 0 Å². The highest BCUT2D eigenvalue weighted by Gasteiger charge is 2.22. The van der Waals surface area contributed by atoms with E-state index in [1.54, 1.807) is 6.92 Å². The zero-order valence-electron chi connectivity index (χ0n) is 14.0. The minimum atomic E-state index is -1.09. The third-order valence-electron chi connectivity index (χ3n) is 3.35. The Morgan fingerprint density at radius 3 is 3.05 bits per heavy atom. The Morgan fingerprint density at radius 2 is 2.26 bits per heavy atom. The van der Waals surface area contributed by atoms with Crippen LogP contribution in [0.1, 0.15) is 41.7 Å². The summed E-state index contributed by atoms with van der Waals surface area (Å²) in [5.41, 5.74) is 2.12. The second kappa shape index (κ2) is 7.43. The van der Waals surface area contributed by atoms with E-state index in [4.69, 9.17) is 7.48 Å². The van der Waals surface area contributed by atoms with Gasteiger partial charge in [-0.15, -0.1) is 0 Å². The number of rotatable bonds is 6. The van der Waals surface area contributed by atoms with Crippen LogP contribution < -0.4 is 0 Å². The fraction of sp³-hybridized carbons (Fsp3) is 0.733. The van der Waals surface area contributed by atoms with Crippen molar-refractivity contribution in [1.29, 1.82) is 0 Å². The van der Waals surface area contributed by atoms with Crippen LogP contribution in [0.3, 0.4) is 0 Å². The number of ether oxygens (including phenoxy) is 1. The lowest BCUT2D eigenvalue weighted by molar-refractivity contribution is 0.298. The first kappa shape index (κ1) is 11.6. The molecule has 0 unspecified atom stereocenters. The molecule has 0 radical (unpaired) electrons. The van der Waals surface area contributed by atoms with Gasteiger partial charge in [0.05, 0.1) is 6.61 Å². The van der Waals surface area contributed by atoms with Gasteiger partial charge in [0.25, 0.3) is 0 Å². The molecular weight excluding hydrogens is 238 g/mol. The third-order valence-corrected chi connectivity index (χ3v) is 3.35. The van der Waals surface area contributed by atoms with Gasteiger partial charge in [-0.1, -0.05) is 32.2 Å². The molecular formula is C15H25N3O. The van der Waals surface area contributed by atoms with Crippen LogP contribution >= 0.6 is 0 Å². The Balaban J connectivity index is 1.76. The largest absolute Gasteiger partial charge is 0.476 e. The van der Waals surface area contributed by atoms with Crippen LogP contribution in [-0.4, -0.2) is 49.9 Å². The molecule has 0 aromatic carbocycles. The summed E-state index contributed by atoms with van der Waals surface area (Å²) in [5.74, 6) is 0.663. The minimum absolute atomic E-state index is 0.462. The van der Waals surface area contributed by atoms with Gasteiger partial charge in [-0.3, -0.25) is 4.99 Å². The highest BCUT2D eigenvalue weighted by molar-refractivity contribution is 6.46. The minimum Gasteiger partial charge on any atom is -0.476 e. The molecule has 0 amide bonds. The lowest BCUT2D eigenvalue weighted by atomic mass is 10.1. The molecule has 0 fully saturated rings. The summed E-state index contributed by atoms with van der Waals surface area (Å²) < 4.78 is 20.7. The van der Waals surface area contributed by atoms with E-state index in [-0.39, 0.29) is 0 Å². The van der Waals surface area contributed by atoms with Gasteiger partial charge in [0.2, 0.25) is 5.90 Å². The highest BCUT2D eigenvalue weighted by Crippen LogP contribution is 2.14. The second-order valence-electron chi connectivity index (χ2n) is 5.03. The first-order valence-corrected chi connectivity index (χ1v) is 7.06. The lowest BCUT2D eigenvalue weighted by Crippen LogP contribution is -2.31. The normalized spacial score (nSPS) is 22.3. The number of hydrogen-bond donors (Lipinski definition) is 0. The molecule has 4 heteroatoms. The Labute approximate surface area is 119 Å². The van der Waals surface area contributed by atoms with Crippen molar-refractivity contribution in [3.63, 3.8) is 0 Å². The molecule has 4 nitrogen and oxygen atoms in total. The summed E-state index contributed by atoms with van der Waals surface area (Å²) in [6, 6.07) is 0. The van der Waals surface area contributed by atoms with E-state index >= 15 is 0 Å². The average molecular weight is 265 g/mol. The molecule has 0 aromatic heterocycles. The predicted molar refractivity (Wildman–Crippen MR) is 80.0 cm³/mol. The molecule has 0 spiro atoms. The van der Waals surface area contributed by atoms with Crippen LogP contribution in [0.5, 0.6) is 0 Å². The Kier molecular flexibility index (Phi) is 4.56. The van der Waals surface area contributed by atoms with Crippen LogP contribution in [0.2, 0.25) is 0 Å². The van der Waals surface area contributed by atoms with E-state index < -0.39 is 6.37 Å². The topological polar surface area (TPSA) is 37.2 Å². The van der Waals surface area contributed by atoms with Crippen molar-refractivity contribution < 1.29 is 7.48 Å². The van der Waals surface area contributed by atoms with Crippen LogP contribution in [0.15, 0.2) is 21.6 Å². The van der Waals surface area contributed by atoms with Gasteiger partial charge in [0.15, 0.2) is 0 Å². The lowest BCUT2D eigenvalue weighted by Gasteiger charge is -2.23. The van der Waals surface area contributed by atoms with Crippen molar-refractivity contribution in [2.45, 2.75) is 39.0 Å². The fourth-order valence-corrected chi connectivity index (χ4v) is 2.30. The summed E-state index contributed by atoms with van der Waals surface area (Å²) in [6.45, 7) is 4.65. The van der Waals surface area contributed by atoms with Crippen LogP contribution in [0, 0.1) is 0 Å². The summed E-state index contributed by atoms with van der Waals surface area (Å²) in [4.78, 5) is 11.0. The zero-order chi connectivity index (χ0) is 15.3. The Bertz CT molecular complexity index is 452. The molecule has 0 aromatic rings.